The average Bonchev–Trinajstić information content (AvgIpc) is 2.38. The van der Waals surface area contributed by atoms with Crippen molar-refractivity contribution in [2.24, 2.45) is 0 Å². The molecule has 2 N–H and O–H groups in total. The molecule has 0 spiro atoms. The van der Waals surface area contributed by atoms with Crippen LogP contribution in [0.5, 0.6) is 0 Å². The van der Waals surface area contributed by atoms with Gasteiger partial charge in [-0.3, -0.25) is 5.41 Å². The van der Waals surface area contributed by atoms with E-state index in [0.29, 0.717) is 5.92 Å². The third kappa shape index (κ3) is 2.10. The normalized spacial score (nSPS) is 12.4. The van der Waals surface area contributed by atoms with Gasteiger partial charge in [0.2, 0.25) is 0 Å². The van der Waals surface area contributed by atoms with Crippen molar-refractivity contribution in [1.29, 1.82) is 5.41 Å². The highest BCUT2D eigenvalue weighted by atomic mass is 14.9. The van der Waals surface area contributed by atoms with E-state index in [1.165, 1.54) is 28.2 Å². The molecule has 18 heavy (non-hydrogen) atoms. The van der Waals surface area contributed by atoms with Crippen LogP contribution >= 0.6 is 0 Å². The molecular weight excluding hydrogens is 220 g/mol. The van der Waals surface area contributed by atoms with Gasteiger partial charge in [0.25, 0.3) is 0 Å². The Balaban J connectivity index is 2.76. The summed E-state index contributed by atoms with van der Waals surface area (Å²) in [7, 11) is 0. The number of hydrogen-bond donors (Lipinski definition) is 2. The van der Waals surface area contributed by atoms with Crippen LogP contribution in [0, 0.1) is 12.3 Å². The van der Waals surface area contributed by atoms with E-state index in [0.717, 1.165) is 12.1 Å². The molecule has 0 heterocycles. The maximum Gasteiger partial charge on any atom is 0.0835 e. The van der Waals surface area contributed by atoms with Gasteiger partial charge < -0.3 is 5.32 Å². The quantitative estimate of drug-likeness (QED) is 0.590. The van der Waals surface area contributed by atoms with Gasteiger partial charge in [-0.2, -0.15) is 0 Å². The molecule has 0 radical (unpaired) electrons. The van der Waals surface area contributed by atoms with Crippen molar-refractivity contribution in [1.82, 2.24) is 0 Å². The first-order valence-corrected chi connectivity index (χ1v) is 6.46. The van der Waals surface area contributed by atoms with Gasteiger partial charge in [0.1, 0.15) is 0 Å². The van der Waals surface area contributed by atoms with Crippen molar-refractivity contribution in [3.8, 4) is 0 Å². The summed E-state index contributed by atoms with van der Waals surface area (Å²) in [4.78, 5) is 0. The van der Waals surface area contributed by atoms with Crippen LogP contribution in [-0.2, 0) is 0 Å². The number of rotatable bonds is 4. The second-order valence-corrected chi connectivity index (χ2v) is 4.79. The van der Waals surface area contributed by atoms with E-state index < -0.39 is 0 Å². The van der Waals surface area contributed by atoms with Crippen LogP contribution in [0.3, 0.4) is 0 Å². The summed E-state index contributed by atoms with van der Waals surface area (Å²) in [6.45, 7) is 6.59. The van der Waals surface area contributed by atoms with Crippen LogP contribution in [-0.4, -0.2) is 6.34 Å². The third-order valence-corrected chi connectivity index (χ3v) is 3.65. The number of benzene rings is 2. The Morgan fingerprint density at radius 2 is 2.00 bits per heavy atom. The lowest BCUT2D eigenvalue weighted by atomic mass is 9.90. The number of hydrogen-bond acceptors (Lipinski definition) is 1. The Morgan fingerprint density at radius 1 is 1.22 bits per heavy atom. The first-order valence-electron chi connectivity index (χ1n) is 6.46. The van der Waals surface area contributed by atoms with Crippen molar-refractivity contribution < 1.29 is 0 Å². The van der Waals surface area contributed by atoms with Crippen molar-refractivity contribution in [3.63, 3.8) is 0 Å². The SMILES string of the molecule is CCC(C)c1c(NC=N)ccc2c(C)cccc12. The number of nitrogens with one attached hydrogen (secondary N) is 2. The van der Waals surface area contributed by atoms with Crippen LogP contribution in [0.1, 0.15) is 37.3 Å². The molecule has 2 heteroatoms. The van der Waals surface area contributed by atoms with Gasteiger partial charge in [-0.1, -0.05) is 38.1 Å². The Morgan fingerprint density at radius 3 is 2.67 bits per heavy atom. The molecule has 0 bridgehead atoms. The summed E-state index contributed by atoms with van der Waals surface area (Å²) in [5.74, 6) is 0.484. The van der Waals surface area contributed by atoms with E-state index in [2.05, 4.69) is 56.4 Å². The van der Waals surface area contributed by atoms with Crippen LogP contribution in [0.2, 0.25) is 0 Å². The summed E-state index contributed by atoms with van der Waals surface area (Å²) in [6, 6.07) is 10.7. The minimum absolute atomic E-state index is 0.484. The highest BCUT2D eigenvalue weighted by molar-refractivity contribution is 5.94. The maximum absolute atomic E-state index is 7.25. The van der Waals surface area contributed by atoms with E-state index in [1.54, 1.807) is 0 Å². The van der Waals surface area contributed by atoms with Gasteiger partial charge in [0.05, 0.1) is 6.34 Å². The predicted molar refractivity (Wildman–Crippen MR) is 79.8 cm³/mol. The number of fused-ring (bicyclic) bond motifs is 1. The van der Waals surface area contributed by atoms with E-state index in [9.17, 15) is 0 Å². The van der Waals surface area contributed by atoms with E-state index in [1.807, 2.05) is 0 Å². The van der Waals surface area contributed by atoms with Crippen molar-refractivity contribution in [2.75, 3.05) is 5.32 Å². The first kappa shape index (κ1) is 12.6. The zero-order chi connectivity index (χ0) is 13.1. The van der Waals surface area contributed by atoms with Gasteiger partial charge in [-0.25, -0.2) is 0 Å². The molecule has 94 valence electrons. The smallest absolute Gasteiger partial charge is 0.0835 e. The van der Waals surface area contributed by atoms with E-state index in [4.69, 9.17) is 5.41 Å². The minimum atomic E-state index is 0.484. The van der Waals surface area contributed by atoms with E-state index in [-0.39, 0.29) is 0 Å². The van der Waals surface area contributed by atoms with Crippen molar-refractivity contribution >= 4 is 22.8 Å². The topological polar surface area (TPSA) is 35.9 Å². The van der Waals surface area contributed by atoms with Gasteiger partial charge in [-0.15, -0.1) is 0 Å². The van der Waals surface area contributed by atoms with Gasteiger partial charge in [0, 0.05) is 5.69 Å². The van der Waals surface area contributed by atoms with Crippen LogP contribution in [0.15, 0.2) is 30.3 Å². The van der Waals surface area contributed by atoms with Crippen molar-refractivity contribution in [2.45, 2.75) is 33.1 Å². The number of anilines is 1. The average molecular weight is 240 g/mol. The molecule has 2 aromatic rings. The highest BCUT2D eigenvalue weighted by Gasteiger charge is 2.13. The second-order valence-electron chi connectivity index (χ2n) is 4.79. The Kier molecular flexibility index (Phi) is 3.66. The fourth-order valence-electron chi connectivity index (χ4n) is 2.48. The van der Waals surface area contributed by atoms with Crippen LogP contribution in [0.4, 0.5) is 5.69 Å². The molecule has 1 unspecified atom stereocenters. The van der Waals surface area contributed by atoms with Crippen LogP contribution in [0.25, 0.3) is 10.8 Å². The molecule has 0 aliphatic carbocycles. The lowest BCUT2D eigenvalue weighted by molar-refractivity contribution is 0.741. The fraction of sp³-hybridized carbons (Fsp3) is 0.312. The second kappa shape index (κ2) is 5.21. The van der Waals surface area contributed by atoms with Crippen LogP contribution < -0.4 is 5.32 Å². The van der Waals surface area contributed by atoms with Gasteiger partial charge in [0.15, 0.2) is 0 Å². The van der Waals surface area contributed by atoms with Crippen molar-refractivity contribution in [3.05, 3.63) is 41.5 Å². The standard InChI is InChI=1S/C16H20N2/c1-4-11(2)16-14-7-5-6-12(3)13(14)8-9-15(16)18-10-17/h5-11H,4H2,1-3H3,(H2,17,18). The molecule has 0 amide bonds. The molecule has 0 fully saturated rings. The Hall–Kier alpha value is -1.83. The first-order chi connectivity index (χ1) is 8.69. The number of aryl methyl sites for hydroxylation is 1. The Labute approximate surface area is 109 Å². The maximum atomic E-state index is 7.25. The molecule has 0 aromatic heterocycles. The lowest BCUT2D eigenvalue weighted by Gasteiger charge is -2.18. The molecular formula is C16H20N2. The van der Waals surface area contributed by atoms with Gasteiger partial charge >= 0.3 is 0 Å². The summed E-state index contributed by atoms with van der Waals surface area (Å²) >= 11 is 0. The molecule has 0 saturated carbocycles. The zero-order valence-electron chi connectivity index (χ0n) is 11.2. The minimum Gasteiger partial charge on any atom is -0.347 e. The van der Waals surface area contributed by atoms with Gasteiger partial charge in [-0.05, 0) is 47.2 Å². The molecule has 2 nitrogen and oxygen atoms in total. The fourth-order valence-corrected chi connectivity index (χ4v) is 2.48. The summed E-state index contributed by atoms with van der Waals surface area (Å²) in [5.41, 5.74) is 3.68. The largest absolute Gasteiger partial charge is 0.347 e. The Bertz CT molecular complexity index is 573. The molecule has 2 aromatic carbocycles. The molecule has 2 rings (SSSR count). The molecule has 0 aliphatic rings. The molecule has 0 aliphatic heterocycles. The zero-order valence-corrected chi connectivity index (χ0v) is 11.2. The summed E-state index contributed by atoms with van der Waals surface area (Å²) < 4.78 is 0. The molecule has 1 atom stereocenters. The lowest BCUT2D eigenvalue weighted by Crippen LogP contribution is -2.02. The third-order valence-electron chi connectivity index (χ3n) is 3.65. The van der Waals surface area contributed by atoms with E-state index >= 15 is 0 Å². The summed E-state index contributed by atoms with van der Waals surface area (Å²) in [6.07, 6.45) is 2.35. The monoisotopic (exact) mass is 240 g/mol. The predicted octanol–water partition coefficient (Wildman–Crippen LogP) is 4.68. The molecule has 0 saturated heterocycles. The highest BCUT2D eigenvalue weighted by Crippen LogP contribution is 2.35. The summed E-state index contributed by atoms with van der Waals surface area (Å²) in [5, 5.41) is 12.9.